The normalized spacial score (nSPS) is 10.6. The van der Waals surface area contributed by atoms with Gasteiger partial charge in [0.05, 0.1) is 5.52 Å². The van der Waals surface area contributed by atoms with E-state index in [0.29, 0.717) is 0 Å². The molecule has 0 bridgehead atoms. The Morgan fingerprint density at radius 2 is 2.07 bits per heavy atom. The van der Waals surface area contributed by atoms with Gasteiger partial charge in [0.15, 0.2) is 0 Å². The molecule has 0 atom stereocenters. The summed E-state index contributed by atoms with van der Waals surface area (Å²) in [6.45, 7) is 0. The number of aromatic nitrogens is 2. The van der Waals surface area contributed by atoms with Gasteiger partial charge in [-0.15, -0.1) is 4.73 Å². The second kappa shape index (κ2) is 2.69. The number of halogens is 1. The Hall–Kier alpha value is -2.11. The zero-order chi connectivity index (χ0) is 10.3. The van der Waals surface area contributed by atoms with Crippen LogP contribution in [0.25, 0.3) is 11.0 Å². The number of H-pyrrole nitrogens is 1. The maximum atomic E-state index is 12.7. The first kappa shape index (κ1) is 8.49. The van der Waals surface area contributed by atoms with Crippen molar-refractivity contribution in [2.24, 2.45) is 0 Å². The molecule has 0 saturated carbocycles. The smallest absolute Gasteiger partial charge is 0.348 e. The lowest BCUT2D eigenvalue weighted by Crippen LogP contribution is -2.35. The molecule has 14 heavy (non-hydrogen) atoms. The van der Waals surface area contributed by atoms with Gasteiger partial charge < -0.3 is 10.2 Å². The Morgan fingerprint density at radius 3 is 2.79 bits per heavy atom. The van der Waals surface area contributed by atoms with Crippen molar-refractivity contribution in [3.8, 4) is 0 Å². The van der Waals surface area contributed by atoms with E-state index in [1.165, 1.54) is 6.07 Å². The Kier molecular flexibility index (Phi) is 1.63. The monoisotopic (exact) mass is 196 g/mol. The van der Waals surface area contributed by atoms with Crippen LogP contribution in [0.5, 0.6) is 0 Å². The fraction of sp³-hybridized carbons (Fsp3) is 0. The predicted octanol–water partition coefficient (Wildman–Crippen LogP) is 0.0662. The summed E-state index contributed by atoms with van der Waals surface area (Å²) in [6.07, 6.45) is 0. The van der Waals surface area contributed by atoms with E-state index in [1.807, 2.05) is 0 Å². The van der Waals surface area contributed by atoms with Crippen LogP contribution in [0.3, 0.4) is 0 Å². The van der Waals surface area contributed by atoms with Crippen molar-refractivity contribution in [2.75, 3.05) is 0 Å². The Labute approximate surface area is 76.0 Å². The van der Waals surface area contributed by atoms with Gasteiger partial charge in [-0.3, -0.25) is 9.59 Å². The van der Waals surface area contributed by atoms with E-state index in [1.54, 1.807) is 0 Å². The molecule has 72 valence electrons. The van der Waals surface area contributed by atoms with Crippen molar-refractivity contribution < 1.29 is 9.60 Å². The molecule has 0 spiro atoms. The highest BCUT2D eigenvalue weighted by molar-refractivity contribution is 5.73. The molecule has 1 aromatic heterocycles. The molecule has 1 heterocycles. The van der Waals surface area contributed by atoms with Gasteiger partial charge in [-0.1, -0.05) is 0 Å². The highest BCUT2D eigenvalue weighted by Crippen LogP contribution is 2.08. The molecule has 0 aliphatic rings. The molecular formula is C8H5FN2O3. The first-order chi connectivity index (χ1) is 6.59. The van der Waals surface area contributed by atoms with Gasteiger partial charge >= 0.3 is 11.1 Å². The highest BCUT2D eigenvalue weighted by atomic mass is 19.1. The molecular weight excluding hydrogens is 191 g/mol. The zero-order valence-electron chi connectivity index (χ0n) is 6.82. The molecule has 2 rings (SSSR count). The van der Waals surface area contributed by atoms with Crippen LogP contribution in [0, 0.1) is 5.82 Å². The molecule has 0 saturated heterocycles. The number of benzene rings is 1. The van der Waals surface area contributed by atoms with Gasteiger partial charge in [0.2, 0.25) is 0 Å². The van der Waals surface area contributed by atoms with Crippen LogP contribution in [-0.4, -0.2) is 14.9 Å². The number of hydrogen-bond acceptors (Lipinski definition) is 3. The van der Waals surface area contributed by atoms with E-state index >= 15 is 0 Å². The fourth-order valence-electron chi connectivity index (χ4n) is 1.17. The molecule has 0 aliphatic carbocycles. The number of aromatic amines is 1. The summed E-state index contributed by atoms with van der Waals surface area (Å²) < 4.78 is 12.9. The molecule has 2 N–H and O–H groups in total. The average Bonchev–Trinajstić information content (AvgIpc) is 2.14. The fourth-order valence-corrected chi connectivity index (χ4v) is 1.17. The summed E-state index contributed by atoms with van der Waals surface area (Å²) in [4.78, 5) is 24.0. The molecule has 0 aliphatic heterocycles. The second-order valence-electron chi connectivity index (χ2n) is 2.73. The van der Waals surface area contributed by atoms with Crippen molar-refractivity contribution in [1.82, 2.24) is 9.71 Å². The maximum Gasteiger partial charge on any atom is 0.348 e. The number of hydrogen-bond donors (Lipinski definition) is 2. The maximum absolute atomic E-state index is 12.7. The lowest BCUT2D eigenvalue weighted by molar-refractivity contribution is 0.186. The minimum Gasteiger partial charge on any atom is -0.425 e. The van der Waals surface area contributed by atoms with Crippen LogP contribution in [0.1, 0.15) is 0 Å². The lowest BCUT2D eigenvalue weighted by Gasteiger charge is -2.01. The summed E-state index contributed by atoms with van der Waals surface area (Å²) in [6, 6.07) is 3.29. The molecule has 0 amide bonds. The van der Waals surface area contributed by atoms with Crippen LogP contribution in [-0.2, 0) is 0 Å². The van der Waals surface area contributed by atoms with Crippen molar-refractivity contribution in [3.05, 3.63) is 44.7 Å². The van der Waals surface area contributed by atoms with E-state index < -0.39 is 16.9 Å². The van der Waals surface area contributed by atoms with Crippen molar-refractivity contribution in [1.29, 1.82) is 0 Å². The molecule has 2 aromatic rings. The number of rotatable bonds is 0. The van der Waals surface area contributed by atoms with Crippen molar-refractivity contribution in [3.63, 3.8) is 0 Å². The van der Waals surface area contributed by atoms with E-state index in [-0.39, 0.29) is 15.8 Å². The summed E-state index contributed by atoms with van der Waals surface area (Å²) in [5.41, 5.74) is -1.97. The first-order valence-electron chi connectivity index (χ1n) is 3.73. The lowest BCUT2D eigenvalue weighted by atomic mass is 10.3. The van der Waals surface area contributed by atoms with Gasteiger partial charge in [0.25, 0.3) is 0 Å². The summed E-state index contributed by atoms with van der Waals surface area (Å²) in [5, 5.41) is 9.19. The SMILES string of the molecule is O=c1[nH]c2cc(F)ccc2n(O)c1=O. The van der Waals surface area contributed by atoms with E-state index in [9.17, 15) is 19.2 Å². The Balaban J connectivity index is 3.06. The molecule has 5 nitrogen and oxygen atoms in total. The summed E-state index contributed by atoms with van der Waals surface area (Å²) in [7, 11) is 0. The zero-order valence-corrected chi connectivity index (χ0v) is 6.82. The Bertz CT molecular complexity index is 614. The van der Waals surface area contributed by atoms with Crippen LogP contribution in [0.4, 0.5) is 4.39 Å². The third-order valence-electron chi connectivity index (χ3n) is 1.82. The second-order valence-corrected chi connectivity index (χ2v) is 2.73. The average molecular weight is 196 g/mol. The third-order valence-corrected chi connectivity index (χ3v) is 1.82. The van der Waals surface area contributed by atoms with Gasteiger partial charge in [0, 0.05) is 0 Å². The van der Waals surface area contributed by atoms with Crippen molar-refractivity contribution >= 4 is 11.0 Å². The van der Waals surface area contributed by atoms with Gasteiger partial charge in [-0.2, -0.15) is 0 Å². The van der Waals surface area contributed by atoms with E-state index in [0.717, 1.165) is 12.1 Å². The van der Waals surface area contributed by atoms with Crippen LogP contribution < -0.4 is 11.1 Å². The number of fused-ring (bicyclic) bond motifs is 1. The van der Waals surface area contributed by atoms with Crippen molar-refractivity contribution in [2.45, 2.75) is 0 Å². The standard InChI is InChI=1S/C8H5FN2O3/c9-4-1-2-6-5(3-4)10-7(12)8(13)11(6)14/h1-3,14H,(H,10,12). The summed E-state index contributed by atoms with van der Waals surface area (Å²) >= 11 is 0. The minimum atomic E-state index is -1.09. The largest absolute Gasteiger partial charge is 0.425 e. The van der Waals surface area contributed by atoms with Crippen LogP contribution in [0.2, 0.25) is 0 Å². The van der Waals surface area contributed by atoms with Crippen LogP contribution in [0.15, 0.2) is 27.8 Å². The molecule has 1 aromatic carbocycles. The van der Waals surface area contributed by atoms with Gasteiger partial charge in [0.1, 0.15) is 11.3 Å². The molecule has 0 fully saturated rings. The predicted molar refractivity (Wildman–Crippen MR) is 46.0 cm³/mol. The minimum absolute atomic E-state index is 0.0519. The Morgan fingerprint density at radius 1 is 1.36 bits per heavy atom. The van der Waals surface area contributed by atoms with E-state index in [2.05, 4.69) is 4.98 Å². The number of nitrogens with one attached hydrogen (secondary N) is 1. The van der Waals surface area contributed by atoms with E-state index in [4.69, 9.17) is 0 Å². The van der Waals surface area contributed by atoms with Gasteiger partial charge in [-0.25, -0.2) is 4.39 Å². The quantitative estimate of drug-likeness (QED) is 0.462. The first-order valence-corrected chi connectivity index (χ1v) is 3.73. The molecule has 6 heteroatoms. The highest BCUT2D eigenvalue weighted by Gasteiger charge is 2.06. The van der Waals surface area contributed by atoms with Gasteiger partial charge in [-0.05, 0) is 18.2 Å². The van der Waals surface area contributed by atoms with Crippen LogP contribution >= 0.6 is 0 Å². The summed E-state index contributed by atoms with van der Waals surface area (Å²) in [5.74, 6) is -0.563. The number of nitrogens with zero attached hydrogens (tertiary/aromatic N) is 1. The topological polar surface area (TPSA) is 75.1 Å². The molecule has 0 unspecified atom stereocenters. The molecule has 0 radical (unpaired) electrons. The third kappa shape index (κ3) is 1.08.